The zero-order valence-electron chi connectivity index (χ0n) is 9.79. The van der Waals surface area contributed by atoms with Crippen molar-refractivity contribution in [3.05, 3.63) is 24.8 Å². The molecule has 1 atom stereocenters. The SMILES string of the molecule is C=CCC(C=O)(C=CC(C)C)C(C)C. The molecule has 1 unspecified atom stereocenters. The predicted octanol–water partition coefficient (Wildman–Crippen LogP) is 3.62. The smallest absolute Gasteiger partial charge is 0.130 e. The molecule has 1 heteroatoms. The minimum absolute atomic E-state index is 0.313. The van der Waals surface area contributed by atoms with Crippen molar-refractivity contribution >= 4 is 6.29 Å². The first-order valence-electron chi connectivity index (χ1n) is 5.25. The Labute approximate surface area is 87.9 Å². The van der Waals surface area contributed by atoms with Gasteiger partial charge in [0.2, 0.25) is 0 Å². The van der Waals surface area contributed by atoms with Gasteiger partial charge in [0, 0.05) is 5.41 Å². The molecule has 0 rings (SSSR count). The number of hydrogen-bond acceptors (Lipinski definition) is 1. The predicted molar refractivity (Wildman–Crippen MR) is 62.1 cm³/mol. The van der Waals surface area contributed by atoms with Crippen molar-refractivity contribution in [1.29, 1.82) is 0 Å². The second-order valence-electron chi connectivity index (χ2n) is 4.48. The van der Waals surface area contributed by atoms with Crippen molar-refractivity contribution in [2.24, 2.45) is 17.3 Å². The quantitative estimate of drug-likeness (QED) is 0.466. The van der Waals surface area contributed by atoms with Crippen LogP contribution in [0.1, 0.15) is 34.1 Å². The number of allylic oxidation sites excluding steroid dienone is 3. The lowest BCUT2D eigenvalue weighted by molar-refractivity contribution is -0.115. The minimum atomic E-state index is -0.355. The van der Waals surface area contributed by atoms with Gasteiger partial charge < -0.3 is 4.79 Å². The molecule has 0 radical (unpaired) electrons. The highest BCUT2D eigenvalue weighted by atomic mass is 16.1. The van der Waals surface area contributed by atoms with Crippen LogP contribution in [0, 0.1) is 17.3 Å². The fourth-order valence-electron chi connectivity index (χ4n) is 1.34. The van der Waals surface area contributed by atoms with E-state index in [2.05, 4.69) is 40.3 Å². The lowest BCUT2D eigenvalue weighted by Gasteiger charge is -2.27. The first-order valence-corrected chi connectivity index (χ1v) is 5.25. The van der Waals surface area contributed by atoms with Crippen LogP contribution in [-0.2, 0) is 4.79 Å². The van der Waals surface area contributed by atoms with Gasteiger partial charge in [0.05, 0.1) is 0 Å². The van der Waals surface area contributed by atoms with Crippen molar-refractivity contribution in [1.82, 2.24) is 0 Å². The van der Waals surface area contributed by atoms with Crippen molar-refractivity contribution in [3.63, 3.8) is 0 Å². The Morgan fingerprint density at radius 3 is 2.14 bits per heavy atom. The summed E-state index contributed by atoms with van der Waals surface area (Å²) in [5, 5.41) is 0. The van der Waals surface area contributed by atoms with Gasteiger partial charge in [-0.1, -0.05) is 45.9 Å². The normalized spacial score (nSPS) is 16.1. The lowest BCUT2D eigenvalue weighted by atomic mass is 9.75. The summed E-state index contributed by atoms with van der Waals surface area (Å²) in [5.74, 6) is 0.797. The van der Waals surface area contributed by atoms with Crippen LogP contribution in [0.5, 0.6) is 0 Å². The van der Waals surface area contributed by atoms with Gasteiger partial charge in [-0.2, -0.15) is 0 Å². The summed E-state index contributed by atoms with van der Waals surface area (Å²) < 4.78 is 0. The molecule has 1 nitrogen and oxygen atoms in total. The van der Waals surface area contributed by atoms with E-state index in [9.17, 15) is 4.79 Å². The molecule has 0 aromatic carbocycles. The Hall–Kier alpha value is -0.850. The number of aldehydes is 1. The molecule has 0 aromatic rings. The molecule has 0 spiro atoms. The van der Waals surface area contributed by atoms with Gasteiger partial charge in [0.15, 0.2) is 0 Å². The third kappa shape index (κ3) is 3.49. The van der Waals surface area contributed by atoms with E-state index < -0.39 is 0 Å². The number of rotatable bonds is 6. The van der Waals surface area contributed by atoms with E-state index in [1.165, 1.54) is 0 Å². The van der Waals surface area contributed by atoms with E-state index >= 15 is 0 Å². The molecule has 0 aliphatic carbocycles. The van der Waals surface area contributed by atoms with Crippen LogP contribution in [-0.4, -0.2) is 6.29 Å². The maximum absolute atomic E-state index is 11.2. The third-order valence-corrected chi connectivity index (χ3v) is 2.58. The zero-order chi connectivity index (χ0) is 11.2. The molecular weight excluding hydrogens is 172 g/mol. The van der Waals surface area contributed by atoms with Crippen molar-refractivity contribution in [3.8, 4) is 0 Å². The molecule has 0 fully saturated rings. The summed E-state index contributed by atoms with van der Waals surface area (Å²) in [4.78, 5) is 11.2. The highest BCUT2D eigenvalue weighted by Crippen LogP contribution is 2.31. The second-order valence-corrected chi connectivity index (χ2v) is 4.48. The van der Waals surface area contributed by atoms with E-state index in [1.54, 1.807) is 0 Å². The van der Waals surface area contributed by atoms with Crippen LogP contribution >= 0.6 is 0 Å². The summed E-state index contributed by atoms with van der Waals surface area (Å²) in [6.45, 7) is 12.1. The molecular formula is C13H22O. The largest absolute Gasteiger partial charge is 0.302 e. The average Bonchev–Trinajstić information content (AvgIpc) is 2.11. The third-order valence-electron chi connectivity index (χ3n) is 2.58. The van der Waals surface area contributed by atoms with Crippen molar-refractivity contribution in [2.45, 2.75) is 34.1 Å². The second kappa shape index (κ2) is 5.79. The van der Waals surface area contributed by atoms with Crippen molar-refractivity contribution < 1.29 is 4.79 Å². The molecule has 14 heavy (non-hydrogen) atoms. The summed E-state index contributed by atoms with van der Waals surface area (Å²) in [6, 6.07) is 0. The van der Waals surface area contributed by atoms with Crippen LogP contribution in [0.2, 0.25) is 0 Å². The maximum Gasteiger partial charge on any atom is 0.130 e. The molecule has 0 aliphatic heterocycles. The Morgan fingerprint density at radius 1 is 1.29 bits per heavy atom. The monoisotopic (exact) mass is 194 g/mol. The summed E-state index contributed by atoms with van der Waals surface area (Å²) in [6.07, 6.45) is 7.73. The van der Waals surface area contributed by atoms with Gasteiger partial charge in [-0.05, 0) is 18.3 Å². The summed E-state index contributed by atoms with van der Waals surface area (Å²) in [7, 11) is 0. The van der Waals surface area contributed by atoms with E-state index in [-0.39, 0.29) is 5.41 Å². The van der Waals surface area contributed by atoms with Crippen molar-refractivity contribution in [2.75, 3.05) is 0 Å². The fraction of sp³-hybridized carbons (Fsp3) is 0.615. The van der Waals surface area contributed by atoms with Crippen LogP contribution in [0.4, 0.5) is 0 Å². The number of carbonyl (C=O) groups excluding carboxylic acids is 1. The molecule has 0 heterocycles. The number of hydrogen-bond donors (Lipinski definition) is 0. The van der Waals surface area contributed by atoms with E-state index in [0.717, 1.165) is 12.7 Å². The fourth-order valence-corrected chi connectivity index (χ4v) is 1.34. The van der Waals surface area contributed by atoms with Crippen LogP contribution in [0.3, 0.4) is 0 Å². The van der Waals surface area contributed by atoms with Gasteiger partial charge in [-0.15, -0.1) is 6.58 Å². The van der Waals surface area contributed by atoms with E-state index in [4.69, 9.17) is 0 Å². The van der Waals surface area contributed by atoms with Crippen LogP contribution in [0.25, 0.3) is 0 Å². The minimum Gasteiger partial charge on any atom is -0.302 e. The Balaban J connectivity index is 4.83. The average molecular weight is 194 g/mol. The number of carbonyl (C=O) groups is 1. The van der Waals surface area contributed by atoms with Gasteiger partial charge >= 0.3 is 0 Å². The van der Waals surface area contributed by atoms with Crippen LogP contribution < -0.4 is 0 Å². The molecule has 0 saturated heterocycles. The molecule has 0 aromatic heterocycles. The topological polar surface area (TPSA) is 17.1 Å². The zero-order valence-corrected chi connectivity index (χ0v) is 9.79. The van der Waals surface area contributed by atoms with Crippen LogP contribution in [0.15, 0.2) is 24.8 Å². The van der Waals surface area contributed by atoms with Gasteiger partial charge in [0.1, 0.15) is 6.29 Å². The highest BCUT2D eigenvalue weighted by Gasteiger charge is 2.28. The molecule has 0 saturated carbocycles. The molecule has 0 aliphatic rings. The Kier molecular flexibility index (Phi) is 5.44. The Morgan fingerprint density at radius 2 is 1.86 bits per heavy atom. The molecule has 80 valence electrons. The van der Waals surface area contributed by atoms with Gasteiger partial charge in [-0.25, -0.2) is 0 Å². The molecule has 0 N–H and O–H groups in total. The standard InChI is InChI=1S/C13H22O/c1-6-8-13(10-14,12(4)5)9-7-11(2)3/h6-7,9-12H,1,8H2,2-5H3. The van der Waals surface area contributed by atoms with Gasteiger partial charge in [-0.3, -0.25) is 0 Å². The Bertz CT molecular complexity index is 213. The first-order chi connectivity index (χ1) is 6.48. The van der Waals surface area contributed by atoms with E-state index in [0.29, 0.717) is 11.8 Å². The van der Waals surface area contributed by atoms with Gasteiger partial charge in [0.25, 0.3) is 0 Å². The molecule has 0 bridgehead atoms. The molecule has 0 amide bonds. The maximum atomic E-state index is 11.2. The first kappa shape index (κ1) is 13.2. The summed E-state index contributed by atoms with van der Waals surface area (Å²) in [5.41, 5.74) is -0.355. The summed E-state index contributed by atoms with van der Waals surface area (Å²) >= 11 is 0. The lowest BCUT2D eigenvalue weighted by Crippen LogP contribution is -2.26. The highest BCUT2D eigenvalue weighted by molar-refractivity contribution is 5.63. The van der Waals surface area contributed by atoms with E-state index in [1.807, 2.05) is 12.2 Å².